The summed E-state index contributed by atoms with van der Waals surface area (Å²) in [6, 6.07) is 1.87. The predicted molar refractivity (Wildman–Crippen MR) is 66.9 cm³/mol. The topological polar surface area (TPSA) is 80.4 Å². The molecule has 2 heterocycles. The minimum absolute atomic E-state index is 0.0852. The van der Waals surface area contributed by atoms with Gasteiger partial charge in [0.1, 0.15) is 5.82 Å². The van der Waals surface area contributed by atoms with Gasteiger partial charge in [-0.2, -0.15) is 0 Å². The molecule has 2 rings (SSSR count). The molecule has 1 fully saturated rings. The minimum atomic E-state index is -0.313. The van der Waals surface area contributed by atoms with Gasteiger partial charge in [0.15, 0.2) is 0 Å². The van der Waals surface area contributed by atoms with E-state index in [2.05, 4.69) is 10.3 Å². The third-order valence-electron chi connectivity index (χ3n) is 3.24. The Balaban J connectivity index is 2.17. The number of rotatable bonds is 3. The lowest BCUT2D eigenvalue weighted by Crippen LogP contribution is -2.47. The monoisotopic (exact) mass is 237 g/mol. The molecular formula is C12H19N3O2. The van der Waals surface area contributed by atoms with E-state index >= 15 is 0 Å². The van der Waals surface area contributed by atoms with E-state index < -0.39 is 0 Å². The Morgan fingerprint density at radius 2 is 2.24 bits per heavy atom. The number of aliphatic hydroxyl groups is 1. The van der Waals surface area contributed by atoms with E-state index in [0.29, 0.717) is 18.9 Å². The third-order valence-corrected chi connectivity index (χ3v) is 3.24. The second kappa shape index (κ2) is 4.89. The molecule has 4 N–H and O–H groups in total. The fourth-order valence-corrected chi connectivity index (χ4v) is 2.06. The van der Waals surface area contributed by atoms with Gasteiger partial charge >= 0.3 is 0 Å². The zero-order valence-corrected chi connectivity index (χ0v) is 10.1. The first kappa shape index (κ1) is 12.1. The van der Waals surface area contributed by atoms with Gasteiger partial charge < -0.3 is 20.9 Å². The molecule has 0 atom stereocenters. The van der Waals surface area contributed by atoms with Gasteiger partial charge in [-0.05, 0) is 31.4 Å². The van der Waals surface area contributed by atoms with Crippen LogP contribution in [0.5, 0.6) is 0 Å². The second-order valence-corrected chi connectivity index (χ2v) is 4.61. The van der Waals surface area contributed by atoms with Crippen molar-refractivity contribution >= 4 is 11.5 Å². The van der Waals surface area contributed by atoms with Crippen LogP contribution in [0.3, 0.4) is 0 Å². The molecule has 0 amide bonds. The number of aromatic nitrogens is 1. The van der Waals surface area contributed by atoms with Crippen molar-refractivity contribution in [2.45, 2.75) is 25.3 Å². The Labute approximate surface area is 101 Å². The van der Waals surface area contributed by atoms with Crippen LogP contribution >= 0.6 is 0 Å². The molecule has 1 aromatic heterocycles. The van der Waals surface area contributed by atoms with Crippen molar-refractivity contribution in [1.82, 2.24) is 4.98 Å². The second-order valence-electron chi connectivity index (χ2n) is 4.61. The maximum Gasteiger partial charge on any atom is 0.129 e. The summed E-state index contributed by atoms with van der Waals surface area (Å²) < 4.78 is 5.32. The molecular weight excluding hydrogens is 218 g/mol. The van der Waals surface area contributed by atoms with Crippen LogP contribution in [0.25, 0.3) is 0 Å². The van der Waals surface area contributed by atoms with E-state index in [1.807, 2.05) is 13.0 Å². The summed E-state index contributed by atoms with van der Waals surface area (Å²) in [5.41, 5.74) is 6.99. The highest BCUT2D eigenvalue weighted by atomic mass is 16.5. The number of anilines is 2. The molecule has 1 aromatic rings. The van der Waals surface area contributed by atoms with Crippen LogP contribution in [-0.4, -0.2) is 35.5 Å². The van der Waals surface area contributed by atoms with Gasteiger partial charge in [0.25, 0.3) is 0 Å². The molecule has 94 valence electrons. The molecule has 0 bridgehead atoms. The van der Waals surface area contributed by atoms with Crippen LogP contribution in [-0.2, 0) is 4.74 Å². The zero-order chi connectivity index (χ0) is 12.3. The van der Waals surface area contributed by atoms with Crippen molar-refractivity contribution in [1.29, 1.82) is 0 Å². The van der Waals surface area contributed by atoms with E-state index in [4.69, 9.17) is 10.5 Å². The Bertz CT molecular complexity index is 389. The summed E-state index contributed by atoms with van der Waals surface area (Å²) in [5.74, 6) is 0.787. The zero-order valence-electron chi connectivity index (χ0n) is 10.1. The van der Waals surface area contributed by atoms with Crippen molar-refractivity contribution in [3.05, 3.63) is 17.8 Å². The fourth-order valence-electron chi connectivity index (χ4n) is 2.06. The molecule has 5 nitrogen and oxygen atoms in total. The number of pyridine rings is 1. The van der Waals surface area contributed by atoms with Gasteiger partial charge in [0.05, 0.1) is 24.0 Å². The Morgan fingerprint density at radius 3 is 2.82 bits per heavy atom. The standard InChI is InChI=1S/C12H19N3O2/c1-9-6-10(13)7-14-11(9)15-12(8-16)2-4-17-5-3-12/h6-7,16H,2-5,8,13H2,1H3,(H,14,15). The highest BCUT2D eigenvalue weighted by molar-refractivity contribution is 5.52. The van der Waals surface area contributed by atoms with E-state index in [1.165, 1.54) is 0 Å². The van der Waals surface area contributed by atoms with Crippen LogP contribution in [0.1, 0.15) is 18.4 Å². The van der Waals surface area contributed by atoms with Crippen molar-refractivity contribution in [3.63, 3.8) is 0 Å². The summed E-state index contributed by atoms with van der Waals surface area (Å²) >= 11 is 0. The number of nitrogen functional groups attached to an aromatic ring is 1. The lowest BCUT2D eigenvalue weighted by Gasteiger charge is -2.37. The van der Waals surface area contributed by atoms with Gasteiger partial charge in [-0.25, -0.2) is 4.98 Å². The number of aliphatic hydroxyl groups excluding tert-OH is 1. The smallest absolute Gasteiger partial charge is 0.129 e. The van der Waals surface area contributed by atoms with Crippen LogP contribution in [0.4, 0.5) is 11.5 Å². The van der Waals surface area contributed by atoms with Crippen LogP contribution < -0.4 is 11.1 Å². The first-order valence-corrected chi connectivity index (χ1v) is 5.84. The Kier molecular flexibility index (Phi) is 3.49. The van der Waals surface area contributed by atoms with E-state index in [-0.39, 0.29) is 12.1 Å². The molecule has 0 spiro atoms. The summed E-state index contributed by atoms with van der Waals surface area (Å²) in [5, 5.41) is 12.9. The third kappa shape index (κ3) is 2.68. The molecule has 0 aliphatic carbocycles. The van der Waals surface area contributed by atoms with Gasteiger partial charge in [-0.3, -0.25) is 0 Å². The van der Waals surface area contributed by atoms with Crippen molar-refractivity contribution in [2.24, 2.45) is 0 Å². The van der Waals surface area contributed by atoms with Gasteiger partial charge in [0, 0.05) is 13.2 Å². The number of nitrogens with one attached hydrogen (secondary N) is 1. The van der Waals surface area contributed by atoms with E-state index in [9.17, 15) is 5.11 Å². The number of aryl methyl sites for hydroxylation is 1. The van der Waals surface area contributed by atoms with Gasteiger partial charge in [-0.15, -0.1) is 0 Å². The number of nitrogens with two attached hydrogens (primary N) is 1. The molecule has 0 unspecified atom stereocenters. The molecule has 0 radical (unpaired) electrons. The van der Waals surface area contributed by atoms with E-state index in [1.54, 1.807) is 6.20 Å². The number of ether oxygens (including phenoxy) is 1. The molecule has 1 saturated heterocycles. The summed E-state index contributed by atoms with van der Waals surface area (Å²) in [6.07, 6.45) is 3.20. The largest absolute Gasteiger partial charge is 0.397 e. The molecule has 0 saturated carbocycles. The van der Waals surface area contributed by atoms with E-state index in [0.717, 1.165) is 24.2 Å². The normalized spacial score (nSPS) is 18.9. The first-order valence-electron chi connectivity index (χ1n) is 5.84. The van der Waals surface area contributed by atoms with Gasteiger partial charge in [-0.1, -0.05) is 0 Å². The van der Waals surface area contributed by atoms with Crippen molar-refractivity contribution in [2.75, 3.05) is 30.9 Å². The van der Waals surface area contributed by atoms with Crippen LogP contribution in [0.15, 0.2) is 12.3 Å². The molecule has 17 heavy (non-hydrogen) atoms. The quantitative estimate of drug-likeness (QED) is 0.728. The summed E-state index contributed by atoms with van der Waals surface area (Å²) in [7, 11) is 0. The average Bonchev–Trinajstić information content (AvgIpc) is 2.34. The van der Waals surface area contributed by atoms with Crippen LogP contribution in [0.2, 0.25) is 0 Å². The molecule has 0 aromatic carbocycles. The molecule has 5 heteroatoms. The summed E-state index contributed by atoms with van der Waals surface area (Å²) in [4.78, 5) is 4.28. The summed E-state index contributed by atoms with van der Waals surface area (Å²) in [6.45, 7) is 3.38. The molecule has 1 aliphatic rings. The Morgan fingerprint density at radius 1 is 1.53 bits per heavy atom. The average molecular weight is 237 g/mol. The van der Waals surface area contributed by atoms with Crippen molar-refractivity contribution in [3.8, 4) is 0 Å². The number of hydrogen-bond donors (Lipinski definition) is 3. The first-order chi connectivity index (χ1) is 8.15. The van der Waals surface area contributed by atoms with Crippen LogP contribution in [0, 0.1) is 6.92 Å². The van der Waals surface area contributed by atoms with Gasteiger partial charge in [0.2, 0.25) is 0 Å². The highest BCUT2D eigenvalue weighted by Crippen LogP contribution is 2.26. The SMILES string of the molecule is Cc1cc(N)cnc1NC1(CO)CCOCC1. The fraction of sp³-hybridized carbons (Fsp3) is 0.583. The maximum atomic E-state index is 9.58. The minimum Gasteiger partial charge on any atom is -0.397 e. The van der Waals surface area contributed by atoms with Crippen molar-refractivity contribution < 1.29 is 9.84 Å². The highest BCUT2D eigenvalue weighted by Gasteiger charge is 2.32. The molecule has 1 aliphatic heterocycles. The predicted octanol–water partition coefficient (Wildman–Crippen LogP) is 0.926. The maximum absolute atomic E-state index is 9.58. The Hall–Kier alpha value is -1.33. The number of nitrogens with zero attached hydrogens (tertiary/aromatic N) is 1. The lowest BCUT2D eigenvalue weighted by molar-refractivity contribution is 0.0378. The number of hydrogen-bond acceptors (Lipinski definition) is 5. The lowest BCUT2D eigenvalue weighted by atomic mass is 9.91.